The van der Waals surface area contributed by atoms with E-state index in [9.17, 15) is 9.59 Å². The maximum Gasteiger partial charge on any atom is 0.344 e. The number of halogens is 1. The van der Waals surface area contributed by atoms with Gasteiger partial charge in [0.15, 0.2) is 23.2 Å². The van der Waals surface area contributed by atoms with Crippen LogP contribution in [0.1, 0.15) is 31.0 Å². The molecule has 1 heterocycles. The molecule has 1 atom stereocenters. The van der Waals surface area contributed by atoms with E-state index in [1.807, 2.05) is 30.3 Å². The number of rotatable bonds is 9. The summed E-state index contributed by atoms with van der Waals surface area (Å²) in [5.74, 6) is -0.577. The molecule has 10 heteroatoms. The summed E-state index contributed by atoms with van der Waals surface area (Å²) in [7, 11) is 1.45. The first-order valence-electron chi connectivity index (χ1n) is 10.6. The lowest BCUT2D eigenvalue weighted by Gasteiger charge is -2.31. The summed E-state index contributed by atoms with van der Waals surface area (Å²) in [4.78, 5) is 24.8. The van der Waals surface area contributed by atoms with Gasteiger partial charge in [-0.3, -0.25) is 0 Å². The van der Waals surface area contributed by atoms with Crippen molar-refractivity contribution in [1.82, 2.24) is 10.6 Å². The lowest BCUT2D eigenvalue weighted by Crippen LogP contribution is -2.45. The van der Waals surface area contributed by atoms with Crippen LogP contribution in [0.25, 0.3) is 5.70 Å². The molecule has 34 heavy (non-hydrogen) atoms. The summed E-state index contributed by atoms with van der Waals surface area (Å²) >= 11 is 11.9. The minimum Gasteiger partial charge on any atom is -0.493 e. The molecule has 0 aliphatic carbocycles. The highest BCUT2D eigenvalue weighted by molar-refractivity contribution is 7.80. The monoisotopic (exact) mass is 504 g/mol. The average Bonchev–Trinajstić information content (AvgIpc) is 2.83. The molecule has 3 rings (SSSR count). The fraction of sp³-hybridized carbons (Fsp3) is 0.292. The van der Waals surface area contributed by atoms with Crippen molar-refractivity contribution < 1.29 is 28.5 Å². The van der Waals surface area contributed by atoms with Gasteiger partial charge in [-0.15, -0.1) is 0 Å². The van der Waals surface area contributed by atoms with Gasteiger partial charge in [-0.05, 0) is 49.3 Å². The van der Waals surface area contributed by atoms with Crippen LogP contribution in [0.3, 0.4) is 0 Å². The predicted octanol–water partition coefficient (Wildman–Crippen LogP) is 3.78. The number of carbonyl (C=O) groups excluding carboxylic acids is 2. The first-order valence-corrected chi connectivity index (χ1v) is 11.4. The van der Waals surface area contributed by atoms with Crippen molar-refractivity contribution in [3.63, 3.8) is 0 Å². The first kappa shape index (κ1) is 25.3. The van der Waals surface area contributed by atoms with Gasteiger partial charge in [0, 0.05) is 0 Å². The van der Waals surface area contributed by atoms with Crippen LogP contribution in [-0.2, 0) is 19.1 Å². The van der Waals surface area contributed by atoms with E-state index in [1.54, 1.807) is 26.0 Å². The second kappa shape index (κ2) is 11.7. The smallest absolute Gasteiger partial charge is 0.344 e. The van der Waals surface area contributed by atoms with Crippen LogP contribution in [0.5, 0.6) is 11.5 Å². The van der Waals surface area contributed by atoms with Gasteiger partial charge in [-0.1, -0.05) is 41.9 Å². The molecule has 0 aromatic heterocycles. The molecule has 0 spiro atoms. The first-order chi connectivity index (χ1) is 16.4. The molecule has 0 bridgehead atoms. The van der Waals surface area contributed by atoms with E-state index in [0.29, 0.717) is 21.9 Å². The van der Waals surface area contributed by atoms with E-state index in [4.69, 9.17) is 42.8 Å². The molecule has 0 unspecified atom stereocenters. The van der Waals surface area contributed by atoms with E-state index < -0.39 is 18.0 Å². The molecule has 0 saturated heterocycles. The lowest BCUT2D eigenvalue weighted by atomic mass is 9.92. The van der Waals surface area contributed by atoms with E-state index >= 15 is 0 Å². The Morgan fingerprint density at radius 3 is 2.44 bits per heavy atom. The van der Waals surface area contributed by atoms with Crippen LogP contribution in [0.2, 0.25) is 5.02 Å². The van der Waals surface area contributed by atoms with Crippen LogP contribution < -0.4 is 20.1 Å². The van der Waals surface area contributed by atoms with Crippen molar-refractivity contribution in [2.24, 2.45) is 0 Å². The van der Waals surface area contributed by atoms with E-state index in [2.05, 4.69) is 10.6 Å². The van der Waals surface area contributed by atoms with Crippen LogP contribution in [-0.4, -0.2) is 44.0 Å². The molecular weight excluding hydrogens is 480 g/mol. The molecule has 2 N–H and O–H groups in total. The van der Waals surface area contributed by atoms with Crippen LogP contribution in [0.15, 0.2) is 48.0 Å². The Balaban J connectivity index is 2.08. The highest BCUT2D eigenvalue weighted by Crippen LogP contribution is 2.41. The number of esters is 2. The topological polar surface area (TPSA) is 95.1 Å². The minimum atomic E-state index is -0.687. The van der Waals surface area contributed by atoms with Crippen molar-refractivity contribution in [2.45, 2.75) is 19.9 Å². The highest BCUT2D eigenvalue weighted by atomic mass is 35.5. The van der Waals surface area contributed by atoms with Crippen molar-refractivity contribution in [3.8, 4) is 11.5 Å². The van der Waals surface area contributed by atoms with Gasteiger partial charge in [0.1, 0.15) is 0 Å². The predicted molar refractivity (Wildman–Crippen MR) is 132 cm³/mol. The zero-order chi connectivity index (χ0) is 24.7. The average molecular weight is 505 g/mol. The quantitative estimate of drug-likeness (QED) is 0.390. The Bertz CT molecular complexity index is 1110. The Kier molecular flexibility index (Phi) is 8.72. The minimum absolute atomic E-state index is 0.183. The molecule has 1 aliphatic heterocycles. The number of hydrogen-bond donors (Lipinski definition) is 2. The summed E-state index contributed by atoms with van der Waals surface area (Å²) in [6.07, 6.45) is 0. The van der Waals surface area contributed by atoms with Gasteiger partial charge >= 0.3 is 11.9 Å². The standard InChI is InChI=1S/C24H25ClN2O6S/c1-4-31-18(28)13-33-22-16(25)11-15(12-17(22)30-3)21-19(23(29)32-5-2)20(26-24(34)27-21)14-9-7-6-8-10-14/h6-12,21H,4-5,13H2,1-3H3,(H2,26,27,34)/t21-/m1/s1. The zero-order valence-electron chi connectivity index (χ0n) is 19.0. The summed E-state index contributed by atoms with van der Waals surface area (Å²) in [6, 6.07) is 11.9. The molecule has 2 aromatic carbocycles. The molecule has 180 valence electrons. The van der Waals surface area contributed by atoms with Gasteiger partial charge < -0.3 is 29.6 Å². The summed E-state index contributed by atoms with van der Waals surface area (Å²) in [6.45, 7) is 3.55. The van der Waals surface area contributed by atoms with Crippen molar-refractivity contribution in [3.05, 3.63) is 64.2 Å². The number of nitrogens with one attached hydrogen (secondary N) is 2. The number of carbonyl (C=O) groups is 2. The van der Waals surface area contributed by atoms with E-state index in [-0.39, 0.29) is 36.3 Å². The van der Waals surface area contributed by atoms with Gasteiger partial charge in [-0.25, -0.2) is 9.59 Å². The van der Waals surface area contributed by atoms with Crippen LogP contribution in [0.4, 0.5) is 0 Å². The van der Waals surface area contributed by atoms with Crippen LogP contribution in [0, 0.1) is 0 Å². The number of thiocarbonyl (C=S) groups is 1. The van der Waals surface area contributed by atoms with E-state index in [1.165, 1.54) is 7.11 Å². The molecular formula is C24H25ClN2O6S. The summed E-state index contributed by atoms with van der Waals surface area (Å²) in [5.41, 5.74) is 2.23. The Hall–Kier alpha value is -3.30. The summed E-state index contributed by atoms with van der Waals surface area (Å²) < 4.78 is 21.3. The number of methoxy groups -OCH3 is 1. The highest BCUT2D eigenvalue weighted by Gasteiger charge is 2.34. The van der Waals surface area contributed by atoms with E-state index in [0.717, 1.165) is 5.56 Å². The largest absolute Gasteiger partial charge is 0.493 e. The maximum atomic E-state index is 13.1. The molecule has 0 fully saturated rings. The van der Waals surface area contributed by atoms with Crippen molar-refractivity contribution >= 4 is 46.6 Å². The van der Waals surface area contributed by atoms with Gasteiger partial charge in [-0.2, -0.15) is 0 Å². The third-order valence-electron chi connectivity index (χ3n) is 4.85. The fourth-order valence-corrected chi connectivity index (χ4v) is 3.95. The van der Waals surface area contributed by atoms with Gasteiger partial charge in [0.2, 0.25) is 0 Å². The Morgan fingerprint density at radius 2 is 1.79 bits per heavy atom. The Morgan fingerprint density at radius 1 is 1.09 bits per heavy atom. The maximum absolute atomic E-state index is 13.1. The SMILES string of the molecule is CCOC(=O)COc1c(Cl)cc([C@H]2NC(=S)NC(c3ccccc3)=C2C(=O)OCC)cc1OC. The second-order valence-electron chi connectivity index (χ2n) is 7.03. The normalized spacial score (nSPS) is 15.2. The molecule has 1 aliphatic rings. The van der Waals surface area contributed by atoms with Crippen molar-refractivity contribution in [2.75, 3.05) is 26.9 Å². The van der Waals surface area contributed by atoms with Crippen LogP contribution >= 0.6 is 23.8 Å². The van der Waals surface area contributed by atoms with Gasteiger partial charge in [0.25, 0.3) is 0 Å². The third-order valence-corrected chi connectivity index (χ3v) is 5.36. The molecule has 0 radical (unpaired) electrons. The fourth-order valence-electron chi connectivity index (χ4n) is 3.46. The third kappa shape index (κ3) is 5.78. The zero-order valence-corrected chi connectivity index (χ0v) is 20.5. The number of hydrogen-bond acceptors (Lipinski definition) is 7. The molecule has 8 nitrogen and oxygen atoms in total. The number of benzene rings is 2. The lowest BCUT2D eigenvalue weighted by molar-refractivity contribution is -0.145. The summed E-state index contributed by atoms with van der Waals surface area (Å²) in [5, 5.41) is 6.72. The van der Waals surface area contributed by atoms with Gasteiger partial charge in [0.05, 0.1) is 42.7 Å². The van der Waals surface area contributed by atoms with Crippen molar-refractivity contribution in [1.29, 1.82) is 0 Å². The molecule has 0 saturated carbocycles. The second-order valence-corrected chi connectivity index (χ2v) is 7.85. The molecule has 2 aromatic rings. The Labute approximate surface area is 208 Å². The molecule has 0 amide bonds. The number of ether oxygens (including phenoxy) is 4.